The zero-order valence-corrected chi connectivity index (χ0v) is 13.3. The van der Waals surface area contributed by atoms with Crippen molar-refractivity contribution in [1.29, 1.82) is 0 Å². The first-order valence-corrected chi connectivity index (χ1v) is 8.60. The Labute approximate surface area is 138 Å². The van der Waals surface area contributed by atoms with Crippen LogP contribution in [-0.4, -0.2) is 28.5 Å². The number of hydrogen-bond donors (Lipinski definition) is 1. The van der Waals surface area contributed by atoms with E-state index >= 15 is 0 Å². The summed E-state index contributed by atoms with van der Waals surface area (Å²) in [4.78, 5) is 16.6. The number of carbonyl (C=O) groups is 1. The van der Waals surface area contributed by atoms with Crippen molar-refractivity contribution < 1.29 is 13.9 Å². The lowest BCUT2D eigenvalue weighted by Crippen LogP contribution is -2.25. The number of halogens is 1. The van der Waals surface area contributed by atoms with Gasteiger partial charge in [0.2, 0.25) is 5.88 Å². The van der Waals surface area contributed by atoms with E-state index in [1.165, 1.54) is 12.1 Å². The molecule has 0 radical (unpaired) electrons. The molecular formula is C17H17FN2O2S. The molecule has 1 unspecified atom stereocenters. The monoisotopic (exact) mass is 332 g/mol. The second kappa shape index (κ2) is 7.46. The van der Waals surface area contributed by atoms with Crippen molar-refractivity contribution in [2.75, 3.05) is 11.5 Å². The van der Waals surface area contributed by atoms with Crippen LogP contribution >= 0.6 is 11.8 Å². The van der Waals surface area contributed by atoms with Crippen LogP contribution in [0.25, 0.3) is 0 Å². The molecular weight excluding hydrogens is 315 g/mol. The zero-order valence-electron chi connectivity index (χ0n) is 12.5. The molecule has 1 aromatic carbocycles. The highest BCUT2D eigenvalue weighted by Crippen LogP contribution is 2.24. The van der Waals surface area contributed by atoms with Crippen LogP contribution in [0.1, 0.15) is 22.3 Å². The second-order valence-corrected chi connectivity index (χ2v) is 6.42. The van der Waals surface area contributed by atoms with E-state index in [2.05, 4.69) is 10.3 Å². The van der Waals surface area contributed by atoms with Gasteiger partial charge >= 0.3 is 0 Å². The highest BCUT2D eigenvalue weighted by atomic mass is 32.2. The highest BCUT2D eigenvalue weighted by Gasteiger charge is 2.21. The third-order valence-electron chi connectivity index (χ3n) is 3.55. The molecule has 1 aliphatic heterocycles. The number of rotatable bonds is 5. The molecule has 0 bridgehead atoms. The first-order valence-electron chi connectivity index (χ1n) is 7.44. The van der Waals surface area contributed by atoms with Crippen LogP contribution in [0.4, 0.5) is 4.39 Å². The average molecular weight is 332 g/mol. The van der Waals surface area contributed by atoms with E-state index in [0.717, 1.165) is 23.5 Å². The molecule has 3 rings (SSSR count). The lowest BCUT2D eigenvalue weighted by Gasteiger charge is -2.14. The Morgan fingerprint density at radius 1 is 1.35 bits per heavy atom. The van der Waals surface area contributed by atoms with Gasteiger partial charge in [0.1, 0.15) is 17.5 Å². The van der Waals surface area contributed by atoms with E-state index in [1.807, 2.05) is 11.8 Å². The van der Waals surface area contributed by atoms with Crippen molar-refractivity contribution in [3.05, 3.63) is 59.5 Å². The molecule has 23 heavy (non-hydrogen) atoms. The summed E-state index contributed by atoms with van der Waals surface area (Å²) in [6, 6.07) is 9.45. The van der Waals surface area contributed by atoms with Crippen LogP contribution in [-0.2, 0) is 6.54 Å². The number of hydrogen-bond acceptors (Lipinski definition) is 4. The molecule has 1 saturated heterocycles. The molecule has 6 heteroatoms. The summed E-state index contributed by atoms with van der Waals surface area (Å²) in [6.45, 7) is 0.326. The standard InChI is InChI=1S/C17H17FN2O2S/c18-13-5-3-12(4-6-13)10-20-16(21)15-2-1-8-19-17(15)22-14-7-9-23-11-14/h1-6,8,14H,7,9-11H2,(H,20,21). The van der Waals surface area contributed by atoms with Gasteiger partial charge in [-0.3, -0.25) is 4.79 Å². The van der Waals surface area contributed by atoms with E-state index in [9.17, 15) is 9.18 Å². The molecule has 1 atom stereocenters. The Morgan fingerprint density at radius 3 is 2.91 bits per heavy atom. The summed E-state index contributed by atoms with van der Waals surface area (Å²) in [5.74, 6) is 1.83. The van der Waals surface area contributed by atoms with Crippen LogP contribution in [0.2, 0.25) is 0 Å². The molecule has 2 heterocycles. The number of pyridine rings is 1. The van der Waals surface area contributed by atoms with Gasteiger partial charge in [0.15, 0.2) is 0 Å². The number of carbonyl (C=O) groups excluding carboxylic acids is 1. The van der Waals surface area contributed by atoms with Gasteiger partial charge in [-0.1, -0.05) is 12.1 Å². The molecule has 1 aromatic heterocycles. The lowest BCUT2D eigenvalue weighted by molar-refractivity contribution is 0.0943. The fourth-order valence-corrected chi connectivity index (χ4v) is 3.39. The molecule has 1 fully saturated rings. The minimum atomic E-state index is -0.294. The molecule has 4 nitrogen and oxygen atoms in total. The molecule has 1 amide bonds. The Morgan fingerprint density at radius 2 is 2.17 bits per heavy atom. The second-order valence-electron chi connectivity index (χ2n) is 5.27. The Balaban J connectivity index is 1.65. The van der Waals surface area contributed by atoms with Gasteiger partial charge in [-0.15, -0.1) is 0 Å². The van der Waals surface area contributed by atoms with Crippen molar-refractivity contribution in [1.82, 2.24) is 10.3 Å². The molecule has 0 spiro atoms. The summed E-state index contributed by atoms with van der Waals surface area (Å²) < 4.78 is 18.7. The molecule has 1 aliphatic rings. The Kier molecular flexibility index (Phi) is 5.12. The lowest BCUT2D eigenvalue weighted by atomic mass is 10.2. The first kappa shape index (κ1) is 15.8. The maximum absolute atomic E-state index is 12.9. The van der Waals surface area contributed by atoms with Gasteiger partial charge in [-0.05, 0) is 42.0 Å². The molecule has 2 aromatic rings. The number of nitrogens with one attached hydrogen (secondary N) is 1. The largest absolute Gasteiger partial charge is 0.473 e. The topological polar surface area (TPSA) is 51.2 Å². The minimum absolute atomic E-state index is 0.110. The summed E-state index contributed by atoms with van der Waals surface area (Å²) in [5, 5.41) is 2.81. The summed E-state index contributed by atoms with van der Waals surface area (Å²) in [6.07, 6.45) is 2.70. The molecule has 0 saturated carbocycles. The predicted molar refractivity (Wildman–Crippen MR) is 88.2 cm³/mol. The molecule has 120 valence electrons. The fraction of sp³-hybridized carbons (Fsp3) is 0.294. The van der Waals surface area contributed by atoms with Crippen molar-refractivity contribution in [3.63, 3.8) is 0 Å². The third kappa shape index (κ3) is 4.22. The number of amides is 1. The van der Waals surface area contributed by atoms with Gasteiger partial charge < -0.3 is 10.1 Å². The number of nitrogens with zero attached hydrogens (tertiary/aromatic N) is 1. The average Bonchev–Trinajstić information content (AvgIpc) is 3.07. The Bertz CT molecular complexity index is 673. The van der Waals surface area contributed by atoms with E-state index in [0.29, 0.717) is 18.0 Å². The van der Waals surface area contributed by atoms with Crippen molar-refractivity contribution in [3.8, 4) is 5.88 Å². The summed E-state index contributed by atoms with van der Waals surface area (Å²) >= 11 is 1.84. The minimum Gasteiger partial charge on any atom is -0.473 e. The number of aromatic nitrogens is 1. The number of benzene rings is 1. The van der Waals surface area contributed by atoms with Crippen molar-refractivity contribution >= 4 is 17.7 Å². The molecule has 0 aliphatic carbocycles. The van der Waals surface area contributed by atoms with E-state index in [4.69, 9.17) is 4.74 Å². The van der Waals surface area contributed by atoms with Crippen LogP contribution in [0.5, 0.6) is 5.88 Å². The van der Waals surface area contributed by atoms with E-state index in [-0.39, 0.29) is 17.8 Å². The quantitative estimate of drug-likeness (QED) is 0.914. The maximum atomic E-state index is 12.9. The van der Waals surface area contributed by atoms with E-state index < -0.39 is 0 Å². The summed E-state index contributed by atoms with van der Waals surface area (Å²) in [5.41, 5.74) is 1.25. The van der Waals surface area contributed by atoms with Crippen LogP contribution in [0, 0.1) is 5.82 Å². The summed E-state index contributed by atoms with van der Waals surface area (Å²) in [7, 11) is 0. The zero-order chi connectivity index (χ0) is 16.1. The van der Waals surface area contributed by atoms with Gasteiger partial charge in [0, 0.05) is 18.5 Å². The van der Waals surface area contributed by atoms with Crippen molar-refractivity contribution in [2.45, 2.75) is 19.1 Å². The van der Waals surface area contributed by atoms with Crippen LogP contribution in [0.3, 0.4) is 0 Å². The van der Waals surface area contributed by atoms with Gasteiger partial charge in [0.05, 0.1) is 0 Å². The first-order chi connectivity index (χ1) is 11.2. The fourth-order valence-electron chi connectivity index (χ4n) is 2.30. The molecule has 1 N–H and O–H groups in total. The van der Waals surface area contributed by atoms with Gasteiger partial charge in [-0.2, -0.15) is 11.8 Å². The van der Waals surface area contributed by atoms with E-state index in [1.54, 1.807) is 30.5 Å². The smallest absolute Gasteiger partial charge is 0.257 e. The third-order valence-corrected chi connectivity index (χ3v) is 4.68. The van der Waals surface area contributed by atoms with Crippen molar-refractivity contribution in [2.24, 2.45) is 0 Å². The Hall–Kier alpha value is -2.08. The number of thioether (sulfide) groups is 1. The van der Waals surface area contributed by atoms with Crippen LogP contribution < -0.4 is 10.1 Å². The predicted octanol–water partition coefficient (Wildman–Crippen LogP) is 3.04. The van der Waals surface area contributed by atoms with Gasteiger partial charge in [-0.25, -0.2) is 9.37 Å². The SMILES string of the molecule is O=C(NCc1ccc(F)cc1)c1cccnc1OC1CCSC1. The van der Waals surface area contributed by atoms with Crippen LogP contribution in [0.15, 0.2) is 42.6 Å². The number of ether oxygens (including phenoxy) is 1. The highest BCUT2D eigenvalue weighted by molar-refractivity contribution is 7.99. The normalized spacial score (nSPS) is 17.0. The van der Waals surface area contributed by atoms with Gasteiger partial charge in [0.25, 0.3) is 5.91 Å². The maximum Gasteiger partial charge on any atom is 0.257 e.